The molecule has 0 saturated carbocycles. The Morgan fingerprint density at radius 3 is 2.75 bits per heavy atom. The summed E-state index contributed by atoms with van der Waals surface area (Å²) < 4.78 is 6.08. The Hall–Kier alpha value is -2.60. The summed E-state index contributed by atoms with van der Waals surface area (Å²) >= 11 is 0. The highest BCUT2D eigenvalue weighted by Crippen LogP contribution is 2.34. The highest BCUT2D eigenvalue weighted by Gasteiger charge is 2.31. The summed E-state index contributed by atoms with van der Waals surface area (Å²) in [6.45, 7) is 11.9. The van der Waals surface area contributed by atoms with Crippen molar-refractivity contribution in [1.82, 2.24) is 20.1 Å². The van der Waals surface area contributed by atoms with Gasteiger partial charge in [-0.2, -0.15) is 0 Å². The van der Waals surface area contributed by atoms with E-state index < -0.39 is 0 Å². The molecule has 0 radical (unpaired) electrons. The van der Waals surface area contributed by atoms with Crippen molar-refractivity contribution in [2.24, 2.45) is 5.92 Å². The van der Waals surface area contributed by atoms with Gasteiger partial charge in [0.2, 0.25) is 0 Å². The van der Waals surface area contributed by atoms with E-state index in [0.717, 1.165) is 49.7 Å². The van der Waals surface area contributed by atoms with E-state index in [1.807, 2.05) is 37.3 Å². The lowest BCUT2D eigenvalue weighted by atomic mass is 10.0. The number of nitrogens with zero attached hydrogens (tertiary/aromatic N) is 3. The number of carbonyl (C=O) groups is 1. The highest BCUT2D eigenvalue weighted by molar-refractivity contribution is 5.92. The zero-order valence-electron chi connectivity index (χ0n) is 17.0. The van der Waals surface area contributed by atoms with E-state index in [9.17, 15) is 4.79 Å². The molecule has 1 aromatic rings. The minimum atomic E-state index is -0.214. The Morgan fingerprint density at radius 1 is 1.39 bits per heavy atom. The van der Waals surface area contributed by atoms with E-state index in [-0.39, 0.29) is 17.9 Å². The average Bonchev–Trinajstić information content (AvgIpc) is 3.15. The second-order valence-corrected chi connectivity index (χ2v) is 7.34. The monoisotopic (exact) mass is 382 g/mol. The van der Waals surface area contributed by atoms with E-state index in [1.165, 1.54) is 0 Å². The standard InChI is InChI=1S/C22H30N4O2/c1-5-17-15-20(22(27)24-16(3)18-9-7-8-10-23-18)28-21(17)19(6-2)26-13-11-25(4)12-14-26/h6-10,15-17H,2,5,11-14H2,1,3-4H3,(H,24,27). The topological polar surface area (TPSA) is 57.7 Å². The average molecular weight is 383 g/mol. The molecule has 0 aliphatic carbocycles. The van der Waals surface area contributed by atoms with E-state index in [4.69, 9.17) is 4.74 Å². The fourth-order valence-corrected chi connectivity index (χ4v) is 3.56. The van der Waals surface area contributed by atoms with Crippen LogP contribution in [0.5, 0.6) is 0 Å². The maximum absolute atomic E-state index is 12.8. The molecule has 28 heavy (non-hydrogen) atoms. The van der Waals surface area contributed by atoms with Gasteiger partial charge in [0.1, 0.15) is 5.76 Å². The number of hydrogen-bond donors (Lipinski definition) is 1. The van der Waals surface area contributed by atoms with Crippen LogP contribution in [-0.4, -0.2) is 53.9 Å². The summed E-state index contributed by atoms with van der Waals surface area (Å²) in [6.07, 6.45) is 6.38. The molecule has 0 spiro atoms. The molecule has 1 amide bonds. The number of pyridine rings is 1. The molecule has 3 rings (SSSR count). The van der Waals surface area contributed by atoms with E-state index in [0.29, 0.717) is 5.76 Å². The molecule has 6 nitrogen and oxygen atoms in total. The zero-order chi connectivity index (χ0) is 20.1. The number of amides is 1. The Labute approximate surface area is 167 Å². The summed E-state index contributed by atoms with van der Waals surface area (Å²) in [5, 5.41) is 2.98. The SMILES string of the molecule is C=CC(=C1OC(C(=O)NC(C)c2ccccn2)=CC1CC)N1CCN(C)CC1. The highest BCUT2D eigenvalue weighted by atomic mass is 16.5. The first kappa shape index (κ1) is 20.1. The predicted molar refractivity (Wildman–Crippen MR) is 110 cm³/mol. The molecule has 1 N–H and O–H groups in total. The van der Waals surface area contributed by atoms with E-state index in [2.05, 4.69) is 40.7 Å². The molecule has 0 bridgehead atoms. The molecule has 2 unspecified atom stereocenters. The van der Waals surface area contributed by atoms with Crippen molar-refractivity contribution in [2.45, 2.75) is 26.3 Å². The van der Waals surface area contributed by atoms with Crippen LogP contribution >= 0.6 is 0 Å². The molecule has 1 saturated heterocycles. The minimum absolute atomic E-state index is 0.0820. The molecule has 2 atom stereocenters. The van der Waals surface area contributed by atoms with E-state index in [1.54, 1.807) is 6.20 Å². The van der Waals surface area contributed by atoms with Gasteiger partial charge in [-0.1, -0.05) is 19.6 Å². The second-order valence-electron chi connectivity index (χ2n) is 7.34. The number of likely N-dealkylation sites (N-methyl/N-ethyl adjacent to an activating group) is 1. The first-order valence-corrected chi connectivity index (χ1v) is 9.95. The molecule has 3 heterocycles. The second kappa shape index (κ2) is 9.06. The normalized spacial score (nSPS) is 22.9. The van der Waals surface area contributed by atoms with Crippen LogP contribution in [0.2, 0.25) is 0 Å². The largest absolute Gasteiger partial charge is 0.453 e. The summed E-state index contributed by atoms with van der Waals surface area (Å²) in [5.41, 5.74) is 1.82. The molecular weight excluding hydrogens is 352 g/mol. The summed E-state index contributed by atoms with van der Waals surface area (Å²) in [4.78, 5) is 21.7. The lowest BCUT2D eigenvalue weighted by Gasteiger charge is -2.35. The minimum Gasteiger partial charge on any atom is -0.453 e. The summed E-state index contributed by atoms with van der Waals surface area (Å²) in [6, 6.07) is 5.48. The lowest BCUT2D eigenvalue weighted by Crippen LogP contribution is -2.44. The van der Waals surface area contributed by atoms with Crippen LogP contribution in [0.25, 0.3) is 0 Å². The number of carbonyl (C=O) groups excluding carboxylic acids is 1. The van der Waals surface area contributed by atoms with Gasteiger partial charge >= 0.3 is 0 Å². The van der Waals surface area contributed by atoms with Gasteiger partial charge in [0.25, 0.3) is 5.91 Å². The van der Waals surface area contributed by atoms with Gasteiger partial charge in [-0.15, -0.1) is 0 Å². The number of aromatic nitrogens is 1. The third-order valence-corrected chi connectivity index (χ3v) is 5.34. The van der Waals surface area contributed by atoms with Crippen molar-refractivity contribution >= 4 is 5.91 Å². The van der Waals surface area contributed by atoms with Crippen molar-refractivity contribution < 1.29 is 9.53 Å². The summed E-state index contributed by atoms with van der Waals surface area (Å²) in [7, 11) is 2.13. The zero-order valence-corrected chi connectivity index (χ0v) is 17.0. The van der Waals surface area contributed by atoms with Crippen molar-refractivity contribution in [1.29, 1.82) is 0 Å². The van der Waals surface area contributed by atoms with E-state index >= 15 is 0 Å². The maximum Gasteiger partial charge on any atom is 0.287 e. The van der Waals surface area contributed by atoms with Gasteiger partial charge in [0.05, 0.1) is 17.4 Å². The summed E-state index contributed by atoms with van der Waals surface area (Å²) in [5.74, 6) is 1.06. The fraction of sp³-hybridized carbons (Fsp3) is 0.455. The molecular formula is C22H30N4O2. The molecule has 0 aromatic carbocycles. The van der Waals surface area contributed by atoms with Gasteiger partial charge in [-0.05, 0) is 44.7 Å². The van der Waals surface area contributed by atoms with Crippen LogP contribution in [0, 0.1) is 5.92 Å². The third kappa shape index (κ3) is 4.44. The van der Waals surface area contributed by atoms with Crippen LogP contribution in [0.15, 0.2) is 60.3 Å². The number of hydrogen-bond acceptors (Lipinski definition) is 5. The first-order chi connectivity index (χ1) is 13.5. The first-order valence-electron chi connectivity index (χ1n) is 9.95. The molecule has 6 heteroatoms. The predicted octanol–water partition coefficient (Wildman–Crippen LogP) is 2.84. The molecule has 1 aromatic heterocycles. The van der Waals surface area contributed by atoms with Crippen molar-refractivity contribution in [2.75, 3.05) is 33.2 Å². The van der Waals surface area contributed by atoms with Crippen molar-refractivity contribution in [3.63, 3.8) is 0 Å². The molecule has 2 aliphatic rings. The Kier molecular flexibility index (Phi) is 6.52. The van der Waals surface area contributed by atoms with Gasteiger partial charge in [-0.3, -0.25) is 9.78 Å². The van der Waals surface area contributed by atoms with Gasteiger partial charge in [-0.25, -0.2) is 0 Å². The quantitative estimate of drug-likeness (QED) is 0.820. The Morgan fingerprint density at radius 2 is 2.14 bits per heavy atom. The van der Waals surface area contributed by atoms with Gasteiger partial charge in [0.15, 0.2) is 5.76 Å². The van der Waals surface area contributed by atoms with Crippen molar-refractivity contribution in [3.8, 4) is 0 Å². The van der Waals surface area contributed by atoms with Crippen LogP contribution in [0.3, 0.4) is 0 Å². The van der Waals surface area contributed by atoms with Crippen LogP contribution in [0.1, 0.15) is 32.0 Å². The van der Waals surface area contributed by atoms with Gasteiger partial charge in [0, 0.05) is 38.3 Å². The number of nitrogens with one attached hydrogen (secondary N) is 1. The molecule has 1 fully saturated rings. The molecule has 150 valence electrons. The van der Waals surface area contributed by atoms with Crippen molar-refractivity contribution in [3.05, 3.63) is 66.0 Å². The van der Waals surface area contributed by atoms with Crippen LogP contribution in [-0.2, 0) is 9.53 Å². The third-order valence-electron chi connectivity index (χ3n) is 5.34. The number of ether oxygens (including phenoxy) is 1. The molecule has 2 aliphatic heterocycles. The lowest BCUT2D eigenvalue weighted by molar-refractivity contribution is -0.120. The Bertz CT molecular complexity index is 764. The number of allylic oxidation sites excluding steroid dienone is 2. The maximum atomic E-state index is 12.8. The van der Waals surface area contributed by atoms with Crippen LogP contribution < -0.4 is 5.32 Å². The van der Waals surface area contributed by atoms with Gasteiger partial charge < -0.3 is 19.9 Å². The number of piperazine rings is 1. The Balaban J connectivity index is 1.74. The fourth-order valence-electron chi connectivity index (χ4n) is 3.56. The smallest absolute Gasteiger partial charge is 0.287 e. The number of rotatable bonds is 6. The van der Waals surface area contributed by atoms with Crippen LogP contribution in [0.4, 0.5) is 0 Å².